The Morgan fingerprint density at radius 1 is 1.33 bits per heavy atom. The summed E-state index contributed by atoms with van der Waals surface area (Å²) in [5.74, 6) is -0.399. The molecule has 0 aliphatic rings. The molecule has 21 heavy (non-hydrogen) atoms. The number of nitrogens with two attached hydrogens (primary N) is 1. The molecule has 110 valence electrons. The van der Waals surface area contributed by atoms with Crippen molar-refractivity contribution in [2.45, 2.75) is 30.3 Å². The lowest BCUT2D eigenvalue weighted by molar-refractivity contribution is -0.138. The lowest BCUT2D eigenvalue weighted by atomic mass is 10.1. The van der Waals surface area contributed by atoms with Crippen LogP contribution in [0.4, 0.5) is 0 Å². The number of hydrogen-bond donors (Lipinski definition) is 2. The predicted octanol–water partition coefficient (Wildman–Crippen LogP) is 1.43. The van der Waals surface area contributed by atoms with E-state index in [4.69, 9.17) is 10.8 Å². The van der Waals surface area contributed by atoms with Gasteiger partial charge >= 0.3 is 5.97 Å². The number of rotatable bonds is 6. The molecule has 2 rings (SSSR count). The van der Waals surface area contributed by atoms with Crippen molar-refractivity contribution in [3.8, 4) is 0 Å². The third-order valence-corrected chi connectivity index (χ3v) is 3.63. The van der Waals surface area contributed by atoms with Crippen LogP contribution in [0.3, 0.4) is 0 Å². The zero-order valence-corrected chi connectivity index (χ0v) is 12.4. The van der Waals surface area contributed by atoms with Crippen LogP contribution >= 0.6 is 11.8 Å². The van der Waals surface area contributed by atoms with Crippen LogP contribution in [0.1, 0.15) is 17.1 Å². The Bertz CT molecular complexity index is 636. The molecule has 0 aromatic carbocycles. The molecule has 0 saturated carbocycles. The van der Waals surface area contributed by atoms with Gasteiger partial charge in [0.05, 0.1) is 5.69 Å². The highest BCUT2D eigenvalue weighted by atomic mass is 32.2. The number of aromatic nitrogens is 3. The fourth-order valence-corrected chi connectivity index (χ4v) is 2.45. The van der Waals surface area contributed by atoms with Crippen LogP contribution in [0.5, 0.6) is 0 Å². The molecule has 0 aliphatic carbocycles. The van der Waals surface area contributed by atoms with E-state index in [0.29, 0.717) is 16.6 Å². The highest BCUT2D eigenvalue weighted by Gasteiger charge is 2.13. The van der Waals surface area contributed by atoms with Gasteiger partial charge in [-0.1, -0.05) is 17.8 Å². The van der Waals surface area contributed by atoms with Crippen LogP contribution in [0.15, 0.2) is 35.6 Å². The predicted molar refractivity (Wildman–Crippen MR) is 79.9 cm³/mol. The van der Waals surface area contributed by atoms with E-state index in [9.17, 15) is 4.79 Å². The van der Waals surface area contributed by atoms with Gasteiger partial charge in [-0.2, -0.15) is 0 Å². The first-order valence-electron chi connectivity index (χ1n) is 6.40. The molecule has 2 aromatic rings. The van der Waals surface area contributed by atoms with E-state index in [2.05, 4.69) is 15.0 Å². The fraction of sp³-hybridized carbons (Fsp3) is 0.286. The van der Waals surface area contributed by atoms with Gasteiger partial charge < -0.3 is 10.8 Å². The van der Waals surface area contributed by atoms with Crippen molar-refractivity contribution in [1.82, 2.24) is 15.0 Å². The van der Waals surface area contributed by atoms with Crippen LogP contribution < -0.4 is 5.73 Å². The minimum atomic E-state index is -1.02. The van der Waals surface area contributed by atoms with Gasteiger partial charge in [-0.3, -0.25) is 9.78 Å². The first-order chi connectivity index (χ1) is 10.0. The summed E-state index contributed by atoms with van der Waals surface area (Å²) in [5.41, 5.74) is 7.96. The highest BCUT2D eigenvalue weighted by Crippen LogP contribution is 2.18. The van der Waals surface area contributed by atoms with Gasteiger partial charge in [0.25, 0.3) is 0 Å². The quantitative estimate of drug-likeness (QED) is 0.614. The molecule has 1 atom stereocenters. The van der Waals surface area contributed by atoms with Crippen LogP contribution in [0.25, 0.3) is 0 Å². The highest BCUT2D eigenvalue weighted by molar-refractivity contribution is 7.98. The molecule has 1 unspecified atom stereocenters. The smallest absolute Gasteiger partial charge is 0.320 e. The molecule has 7 heteroatoms. The van der Waals surface area contributed by atoms with Crippen molar-refractivity contribution in [3.63, 3.8) is 0 Å². The number of aliphatic carboxylic acids is 1. The van der Waals surface area contributed by atoms with Gasteiger partial charge in [-0.05, 0) is 25.1 Å². The maximum Gasteiger partial charge on any atom is 0.320 e. The van der Waals surface area contributed by atoms with Crippen LogP contribution in [0.2, 0.25) is 0 Å². The molecule has 0 radical (unpaired) electrons. The van der Waals surface area contributed by atoms with E-state index < -0.39 is 12.0 Å². The largest absolute Gasteiger partial charge is 0.480 e. The summed E-state index contributed by atoms with van der Waals surface area (Å²) in [5, 5.41) is 9.52. The summed E-state index contributed by atoms with van der Waals surface area (Å²) in [4.78, 5) is 23.7. The molecular formula is C14H16N4O2S. The van der Waals surface area contributed by atoms with Crippen LogP contribution in [0, 0.1) is 6.92 Å². The second-order valence-corrected chi connectivity index (χ2v) is 5.48. The average Bonchev–Trinajstić information content (AvgIpc) is 2.45. The lowest BCUT2D eigenvalue weighted by Gasteiger charge is -2.07. The first-order valence-corrected chi connectivity index (χ1v) is 7.39. The Morgan fingerprint density at radius 3 is 2.81 bits per heavy atom. The normalized spacial score (nSPS) is 12.1. The zero-order valence-electron chi connectivity index (χ0n) is 11.6. The van der Waals surface area contributed by atoms with Gasteiger partial charge in [0.15, 0.2) is 5.16 Å². The van der Waals surface area contributed by atoms with Gasteiger partial charge in [0, 0.05) is 29.8 Å². The molecule has 0 aliphatic heterocycles. The van der Waals surface area contributed by atoms with Crippen molar-refractivity contribution in [1.29, 1.82) is 0 Å². The van der Waals surface area contributed by atoms with Crippen molar-refractivity contribution >= 4 is 17.7 Å². The van der Waals surface area contributed by atoms with E-state index >= 15 is 0 Å². The third-order valence-electron chi connectivity index (χ3n) is 2.73. The first kappa shape index (κ1) is 15.4. The molecule has 0 fully saturated rings. The minimum Gasteiger partial charge on any atom is -0.480 e. The van der Waals surface area contributed by atoms with Gasteiger partial charge in [-0.15, -0.1) is 0 Å². The van der Waals surface area contributed by atoms with Crippen LogP contribution in [-0.2, 0) is 17.0 Å². The number of aryl methyl sites for hydroxylation is 1. The molecule has 0 saturated heterocycles. The Morgan fingerprint density at radius 2 is 2.10 bits per heavy atom. The van der Waals surface area contributed by atoms with Gasteiger partial charge in [-0.25, -0.2) is 9.97 Å². The lowest BCUT2D eigenvalue weighted by Crippen LogP contribution is -2.32. The van der Waals surface area contributed by atoms with Gasteiger partial charge in [0.2, 0.25) is 0 Å². The topological polar surface area (TPSA) is 102 Å². The number of carboxylic acids is 1. The molecule has 0 amide bonds. The van der Waals surface area contributed by atoms with Crippen molar-refractivity contribution in [2.24, 2.45) is 5.73 Å². The number of thioether (sulfide) groups is 1. The SMILES string of the molecule is Cc1ccnc(SCc2cccc(CC(N)C(=O)O)n2)n1. The average molecular weight is 304 g/mol. The maximum absolute atomic E-state index is 10.8. The molecule has 2 aromatic heterocycles. The zero-order chi connectivity index (χ0) is 15.2. The minimum absolute atomic E-state index is 0.217. The van der Waals surface area contributed by atoms with Crippen molar-refractivity contribution < 1.29 is 9.90 Å². The van der Waals surface area contributed by atoms with Gasteiger partial charge in [0.1, 0.15) is 6.04 Å². The Balaban J connectivity index is 1.99. The maximum atomic E-state index is 10.8. The third kappa shape index (κ3) is 4.80. The summed E-state index contributed by atoms with van der Waals surface area (Å²) < 4.78 is 0. The number of carbonyl (C=O) groups is 1. The van der Waals surface area contributed by atoms with E-state index in [1.165, 1.54) is 11.8 Å². The molecule has 3 N–H and O–H groups in total. The summed E-state index contributed by atoms with van der Waals surface area (Å²) in [6, 6.07) is 6.43. The van der Waals surface area contributed by atoms with E-state index in [1.54, 1.807) is 12.3 Å². The summed E-state index contributed by atoms with van der Waals surface area (Å²) in [6.45, 7) is 1.91. The van der Waals surface area contributed by atoms with E-state index in [0.717, 1.165) is 11.4 Å². The Kier molecular flexibility index (Phi) is 5.24. The Hall–Kier alpha value is -1.99. The number of carboxylic acid groups (broad SMARTS) is 1. The molecule has 0 bridgehead atoms. The second-order valence-electron chi connectivity index (χ2n) is 4.54. The molecule has 6 nitrogen and oxygen atoms in total. The second kappa shape index (κ2) is 7.14. The number of hydrogen-bond acceptors (Lipinski definition) is 6. The molecule has 0 spiro atoms. The van der Waals surface area contributed by atoms with Crippen molar-refractivity contribution in [3.05, 3.63) is 47.5 Å². The number of pyridine rings is 1. The standard InChI is InChI=1S/C14H16N4O2S/c1-9-5-6-16-14(17-9)21-8-11-4-2-3-10(18-11)7-12(15)13(19)20/h2-6,12H,7-8,15H2,1H3,(H,19,20). The summed E-state index contributed by atoms with van der Waals surface area (Å²) in [7, 11) is 0. The molecule has 2 heterocycles. The number of nitrogens with zero attached hydrogens (tertiary/aromatic N) is 3. The molecular weight excluding hydrogens is 288 g/mol. The van der Waals surface area contributed by atoms with E-state index in [1.807, 2.05) is 25.1 Å². The Labute approximate surface area is 126 Å². The monoisotopic (exact) mass is 304 g/mol. The fourth-order valence-electron chi connectivity index (χ4n) is 1.67. The summed E-state index contributed by atoms with van der Waals surface area (Å²) in [6.07, 6.45) is 1.94. The van der Waals surface area contributed by atoms with Crippen molar-refractivity contribution in [2.75, 3.05) is 0 Å². The van der Waals surface area contributed by atoms with Crippen LogP contribution in [-0.4, -0.2) is 32.1 Å². The van der Waals surface area contributed by atoms with E-state index in [-0.39, 0.29) is 6.42 Å². The summed E-state index contributed by atoms with van der Waals surface area (Å²) >= 11 is 1.49.